The molecule has 1 fully saturated rings. The smallest absolute Gasteiger partial charge is 0.229 e. The van der Waals surface area contributed by atoms with Crippen molar-refractivity contribution in [3.05, 3.63) is 42.9 Å². The molecule has 1 amide bonds. The third kappa shape index (κ3) is 3.61. The van der Waals surface area contributed by atoms with Crippen molar-refractivity contribution in [2.75, 3.05) is 11.9 Å². The first-order chi connectivity index (χ1) is 12.5. The van der Waals surface area contributed by atoms with Crippen LogP contribution in [0.15, 0.2) is 42.9 Å². The van der Waals surface area contributed by atoms with E-state index in [1.54, 1.807) is 6.20 Å². The molecule has 5 nitrogen and oxygen atoms in total. The quantitative estimate of drug-likeness (QED) is 0.740. The standard InChI is InChI=1S/C20H21N3O2S/c1-20(2)10-15(6-8-25-20)18(24)23-19-22-12-17(26-19)14-3-4-16-11-21-7-5-13(16)9-14/h3-5,7,9,11-12,15H,6,8,10H2,1-2H3,(H,22,23,24). The van der Waals surface area contributed by atoms with Crippen LogP contribution in [0.5, 0.6) is 0 Å². The Hall–Kier alpha value is -2.31. The first-order valence-corrected chi connectivity index (χ1v) is 9.57. The molecular weight excluding hydrogens is 346 g/mol. The van der Waals surface area contributed by atoms with E-state index in [0.29, 0.717) is 11.7 Å². The molecule has 1 aromatic carbocycles. The second kappa shape index (κ2) is 6.78. The number of anilines is 1. The molecule has 1 aliphatic heterocycles. The van der Waals surface area contributed by atoms with Crippen LogP contribution >= 0.6 is 11.3 Å². The lowest BCUT2D eigenvalue weighted by molar-refractivity contribution is -0.130. The van der Waals surface area contributed by atoms with Gasteiger partial charge in [-0.25, -0.2) is 4.98 Å². The number of fused-ring (bicyclic) bond motifs is 1. The van der Waals surface area contributed by atoms with E-state index in [1.165, 1.54) is 11.3 Å². The Morgan fingerprint density at radius 3 is 3.00 bits per heavy atom. The molecule has 2 aromatic heterocycles. The fourth-order valence-corrected chi connectivity index (χ4v) is 4.18. The van der Waals surface area contributed by atoms with E-state index in [9.17, 15) is 4.79 Å². The Morgan fingerprint density at radius 2 is 2.15 bits per heavy atom. The van der Waals surface area contributed by atoms with Crippen molar-refractivity contribution < 1.29 is 9.53 Å². The lowest BCUT2D eigenvalue weighted by atomic mass is 9.88. The number of pyridine rings is 1. The number of benzene rings is 1. The van der Waals surface area contributed by atoms with Gasteiger partial charge in [0.2, 0.25) is 5.91 Å². The minimum absolute atomic E-state index is 0.0285. The largest absolute Gasteiger partial charge is 0.376 e. The van der Waals surface area contributed by atoms with Crippen molar-refractivity contribution in [3.8, 4) is 10.4 Å². The number of nitrogens with zero attached hydrogens (tertiary/aromatic N) is 2. The topological polar surface area (TPSA) is 64.1 Å². The lowest BCUT2D eigenvalue weighted by Crippen LogP contribution is -2.39. The molecule has 0 radical (unpaired) electrons. The molecule has 1 N–H and O–H groups in total. The second-order valence-electron chi connectivity index (χ2n) is 7.25. The first kappa shape index (κ1) is 17.1. The van der Waals surface area contributed by atoms with Crippen molar-refractivity contribution in [2.24, 2.45) is 5.92 Å². The highest BCUT2D eigenvalue weighted by Gasteiger charge is 2.33. The van der Waals surface area contributed by atoms with Crippen LogP contribution in [-0.4, -0.2) is 28.1 Å². The number of carbonyl (C=O) groups excluding carboxylic acids is 1. The fraction of sp³-hybridized carbons (Fsp3) is 0.350. The molecule has 0 aliphatic carbocycles. The maximum atomic E-state index is 12.6. The molecule has 6 heteroatoms. The third-order valence-electron chi connectivity index (χ3n) is 4.73. The molecular formula is C20H21N3O2S. The van der Waals surface area contributed by atoms with Crippen LogP contribution < -0.4 is 5.32 Å². The predicted octanol–water partition coefficient (Wildman–Crippen LogP) is 4.50. The molecule has 3 aromatic rings. The minimum Gasteiger partial charge on any atom is -0.376 e. The zero-order valence-corrected chi connectivity index (χ0v) is 15.7. The minimum atomic E-state index is -0.242. The van der Waals surface area contributed by atoms with E-state index in [4.69, 9.17) is 4.74 Å². The molecule has 26 heavy (non-hydrogen) atoms. The Kier molecular flexibility index (Phi) is 4.46. The normalized spacial score (nSPS) is 19.4. The van der Waals surface area contributed by atoms with Gasteiger partial charge in [-0.3, -0.25) is 9.78 Å². The monoisotopic (exact) mass is 367 g/mol. The van der Waals surface area contributed by atoms with Crippen LogP contribution in [-0.2, 0) is 9.53 Å². The van der Waals surface area contributed by atoms with Gasteiger partial charge in [-0.05, 0) is 49.8 Å². The molecule has 0 saturated carbocycles. The number of thiazole rings is 1. The Bertz CT molecular complexity index is 951. The first-order valence-electron chi connectivity index (χ1n) is 8.75. The van der Waals surface area contributed by atoms with Crippen LogP contribution in [0.3, 0.4) is 0 Å². The average Bonchev–Trinajstić information content (AvgIpc) is 3.09. The predicted molar refractivity (Wildman–Crippen MR) is 104 cm³/mol. The number of rotatable bonds is 3. The maximum absolute atomic E-state index is 12.6. The van der Waals surface area contributed by atoms with Gasteiger partial charge in [0, 0.05) is 36.5 Å². The molecule has 0 bridgehead atoms. The fourth-order valence-electron chi connectivity index (χ4n) is 3.37. The lowest BCUT2D eigenvalue weighted by Gasteiger charge is -2.34. The van der Waals surface area contributed by atoms with E-state index in [1.807, 2.05) is 32.3 Å². The summed E-state index contributed by atoms with van der Waals surface area (Å²) in [7, 11) is 0. The summed E-state index contributed by atoms with van der Waals surface area (Å²) < 4.78 is 5.70. The Labute approximate surface area is 156 Å². The molecule has 1 aliphatic rings. The van der Waals surface area contributed by atoms with Gasteiger partial charge in [0.15, 0.2) is 5.13 Å². The highest BCUT2D eigenvalue weighted by Crippen LogP contribution is 2.33. The van der Waals surface area contributed by atoms with Crippen molar-refractivity contribution in [1.82, 2.24) is 9.97 Å². The second-order valence-corrected chi connectivity index (χ2v) is 8.29. The summed E-state index contributed by atoms with van der Waals surface area (Å²) in [6.07, 6.45) is 6.95. The van der Waals surface area contributed by atoms with Crippen molar-refractivity contribution >= 4 is 33.1 Å². The van der Waals surface area contributed by atoms with Gasteiger partial charge in [0.25, 0.3) is 0 Å². The number of nitrogens with one attached hydrogen (secondary N) is 1. The van der Waals surface area contributed by atoms with Gasteiger partial charge in [-0.2, -0.15) is 0 Å². The van der Waals surface area contributed by atoms with Gasteiger partial charge in [0.05, 0.1) is 10.5 Å². The number of hydrogen-bond donors (Lipinski definition) is 1. The summed E-state index contributed by atoms with van der Waals surface area (Å²) in [5.41, 5.74) is 0.850. The highest BCUT2D eigenvalue weighted by molar-refractivity contribution is 7.19. The highest BCUT2D eigenvalue weighted by atomic mass is 32.1. The van der Waals surface area contributed by atoms with Crippen LogP contribution in [0.4, 0.5) is 5.13 Å². The summed E-state index contributed by atoms with van der Waals surface area (Å²) in [5, 5.41) is 5.87. The number of aromatic nitrogens is 2. The molecule has 3 heterocycles. The van der Waals surface area contributed by atoms with Gasteiger partial charge in [0.1, 0.15) is 0 Å². The van der Waals surface area contributed by atoms with Crippen LogP contribution in [0.2, 0.25) is 0 Å². The Balaban J connectivity index is 1.49. The number of ether oxygens (including phenoxy) is 1. The molecule has 4 rings (SSSR count). The van der Waals surface area contributed by atoms with E-state index in [0.717, 1.165) is 34.1 Å². The number of amides is 1. The maximum Gasteiger partial charge on any atom is 0.229 e. The average molecular weight is 367 g/mol. The van der Waals surface area contributed by atoms with Crippen molar-refractivity contribution in [1.29, 1.82) is 0 Å². The van der Waals surface area contributed by atoms with Crippen LogP contribution in [0.25, 0.3) is 21.2 Å². The molecule has 1 atom stereocenters. The van der Waals surface area contributed by atoms with Crippen molar-refractivity contribution in [3.63, 3.8) is 0 Å². The van der Waals surface area contributed by atoms with Gasteiger partial charge in [-0.1, -0.05) is 23.5 Å². The van der Waals surface area contributed by atoms with E-state index in [2.05, 4.69) is 33.5 Å². The summed E-state index contributed by atoms with van der Waals surface area (Å²) >= 11 is 1.50. The summed E-state index contributed by atoms with van der Waals surface area (Å²) in [6, 6.07) is 8.23. The van der Waals surface area contributed by atoms with E-state index in [-0.39, 0.29) is 17.4 Å². The SMILES string of the molecule is CC1(C)CC(C(=O)Nc2ncc(-c3ccc4cnccc4c3)s2)CCO1. The van der Waals surface area contributed by atoms with E-state index >= 15 is 0 Å². The zero-order chi connectivity index (χ0) is 18.1. The number of hydrogen-bond acceptors (Lipinski definition) is 5. The molecule has 0 spiro atoms. The zero-order valence-electron chi connectivity index (χ0n) is 14.9. The molecule has 1 unspecified atom stereocenters. The Morgan fingerprint density at radius 1 is 1.27 bits per heavy atom. The summed E-state index contributed by atoms with van der Waals surface area (Å²) in [4.78, 5) is 22.1. The molecule has 1 saturated heterocycles. The summed E-state index contributed by atoms with van der Waals surface area (Å²) in [5.74, 6) is 0.00568. The van der Waals surface area contributed by atoms with Crippen LogP contribution in [0.1, 0.15) is 26.7 Å². The number of carbonyl (C=O) groups is 1. The summed E-state index contributed by atoms with van der Waals surface area (Å²) in [6.45, 7) is 4.69. The van der Waals surface area contributed by atoms with Gasteiger partial charge in [-0.15, -0.1) is 0 Å². The molecule has 134 valence electrons. The van der Waals surface area contributed by atoms with Crippen LogP contribution in [0, 0.1) is 5.92 Å². The van der Waals surface area contributed by atoms with Gasteiger partial charge < -0.3 is 10.1 Å². The van der Waals surface area contributed by atoms with Crippen molar-refractivity contribution in [2.45, 2.75) is 32.3 Å². The third-order valence-corrected chi connectivity index (χ3v) is 5.69. The van der Waals surface area contributed by atoms with Gasteiger partial charge >= 0.3 is 0 Å². The van der Waals surface area contributed by atoms with E-state index < -0.39 is 0 Å².